The minimum atomic E-state index is 0.888. The van der Waals surface area contributed by atoms with E-state index in [-0.39, 0.29) is 0 Å². The van der Waals surface area contributed by atoms with Gasteiger partial charge in [0.25, 0.3) is 0 Å². The number of anilines is 1. The summed E-state index contributed by atoms with van der Waals surface area (Å²) in [4.78, 5) is 11.1. The highest BCUT2D eigenvalue weighted by Gasteiger charge is 2.32. The van der Waals surface area contributed by atoms with Crippen molar-refractivity contribution >= 4 is 22.1 Å². The number of rotatable bonds is 5. The molecular formula is C15H23N5S. The third-order valence-electron chi connectivity index (χ3n) is 4.56. The summed E-state index contributed by atoms with van der Waals surface area (Å²) in [6, 6.07) is 0.888. The Morgan fingerprint density at radius 3 is 2.81 bits per heavy atom. The summed E-state index contributed by atoms with van der Waals surface area (Å²) in [5, 5.41) is 5.57. The number of nitrogens with one attached hydrogen (secondary N) is 1. The van der Waals surface area contributed by atoms with Gasteiger partial charge in [0.05, 0.1) is 5.69 Å². The molecule has 2 aromatic rings. The molecule has 6 heteroatoms. The molecule has 0 amide bonds. The van der Waals surface area contributed by atoms with Crippen LogP contribution in [0.3, 0.4) is 0 Å². The van der Waals surface area contributed by atoms with Crippen molar-refractivity contribution in [2.45, 2.75) is 32.4 Å². The number of imidazole rings is 1. The lowest BCUT2D eigenvalue weighted by molar-refractivity contribution is 0.247. The van der Waals surface area contributed by atoms with Gasteiger partial charge in [0, 0.05) is 50.3 Å². The third kappa shape index (κ3) is 2.56. The van der Waals surface area contributed by atoms with Crippen LogP contribution in [0.15, 0.2) is 11.6 Å². The number of hydrogen-bond donors (Lipinski definition) is 1. The first-order valence-corrected chi connectivity index (χ1v) is 8.89. The van der Waals surface area contributed by atoms with E-state index in [1.807, 2.05) is 0 Å². The van der Waals surface area contributed by atoms with Gasteiger partial charge in [-0.25, -0.2) is 4.98 Å². The number of nitrogens with zero attached hydrogens (tertiary/aromatic N) is 4. The Labute approximate surface area is 129 Å². The maximum absolute atomic E-state index is 4.88. The van der Waals surface area contributed by atoms with Crippen LogP contribution in [0.5, 0.6) is 0 Å². The van der Waals surface area contributed by atoms with Crippen molar-refractivity contribution in [2.24, 2.45) is 0 Å². The molecule has 114 valence electrons. The molecule has 0 unspecified atom stereocenters. The number of fused-ring (bicyclic) bond motifs is 1. The molecule has 4 rings (SSSR count). The Morgan fingerprint density at radius 1 is 1.29 bits per heavy atom. The van der Waals surface area contributed by atoms with E-state index in [1.54, 1.807) is 11.3 Å². The van der Waals surface area contributed by atoms with Gasteiger partial charge in [0.1, 0.15) is 0 Å². The first-order valence-electron chi connectivity index (χ1n) is 8.01. The van der Waals surface area contributed by atoms with Crippen molar-refractivity contribution in [1.82, 2.24) is 19.6 Å². The van der Waals surface area contributed by atoms with Gasteiger partial charge in [0.2, 0.25) is 0 Å². The van der Waals surface area contributed by atoms with Crippen LogP contribution in [0, 0.1) is 0 Å². The summed E-state index contributed by atoms with van der Waals surface area (Å²) in [5.74, 6) is 1.19. The molecule has 0 radical (unpaired) electrons. The minimum absolute atomic E-state index is 0.888. The predicted octanol–water partition coefficient (Wildman–Crippen LogP) is 1.79. The highest BCUT2D eigenvalue weighted by Crippen LogP contribution is 2.30. The average Bonchev–Trinajstić information content (AvgIpc) is 3.16. The molecule has 0 spiro atoms. The van der Waals surface area contributed by atoms with Gasteiger partial charge in [-0.15, -0.1) is 11.3 Å². The lowest BCUT2D eigenvalue weighted by Gasteiger charge is -2.35. The molecule has 1 saturated carbocycles. The van der Waals surface area contributed by atoms with E-state index in [0.717, 1.165) is 37.2 Å². The van der Waals surface area contributed by atoms with Crippen molar-refractivity contribution in [3.05, 3.63) is 17.3 Å². The van der Waals surface area contributed by atoms with Crippen LogP contribution in [-0.4, -0.2) is 53.1 Å². The summed E-state index contributed by atoms with van der Waals surface area (Å²) >= 11 is 1.72. The number of thiazole rings is 1. The second-order valence-electron chi connectivity index (χ2n) is 5.97. The zero-order valence-electron chi connectivity index (χ0n) is 12.6. The van der Waals surface area contributed by atoms with Gasteiger partial charge in [0.15, 0.2) is 10.8 Å². The molecule has 1 saturated heterocycles. The van der Waals surface area contributed by atoms with Gasteiger partial charge in [-0.3, -0.25) is 9.30 Å². The Kier molecular flexibility index (Phi) is 3.61. The number of aromatic nitrogens is 2. The molecule has 0 aromatic carbocycles. The molecule has 0 bridgehead atoms. The molecule has 2 aromatic heterocycles. The zero-order valence-corrected chi connectivity index (χ0v) is 13.4. The van der Waals surface area contributed by atoms with Crippen LogP contribution in [0.1, 0.15) is 25.5 Å². The monoisotopic (exact) mass is 305 g/mol. The summed E-state index contributed by atoms with van der Waals surface area (Å²) in [7, 11) is 0. The average molecular weight is 305 g/mol. The second kappa shape index (κ2) is 5.59. The second-order valence-corrected chi connectivity index (χ2v) is 6.85. The summed E-state index contributed by atoms with van der Waals surface area (Å²) < 4.78 is 2.25. The summed E-state index contributed by atoms with van der Waals surface area (Å²) in [6.07, 6.45) is 4.96. The van der Waals surface area contributed by atoms with Crippen LogP contribution in [0.2, 0.25) is 0 Å². The standard InChI is InChI=1S/C15H23N5S/c1-2-16-11-13-14(17-15-20(13)9-10-21-15)19-7-5-18(6-8-19)12-3-4-12/h9-10,12,16H,2-8,11H2,1H3. The molecule has 1 aliphatic carbocycles. The van der Waals surface area contributed by atoms with Gasteiger partial charge >= 0.3 is 0 Å². The highest BCUT2D eigenvalue weighted by atomic mass is 32.1. The van der Waals surface area contributed by atoms with Gasteiger partial charge in [-0.05, 0) is 19.4 Å². The van der Waals surface area contributed by atoms with Crippen LogP contribution in [-0.2, 0) is 6.54 Å². The van der Waals surface area contributed by atoms with Crippen molar-refractivity contribution in [3.63, 3.8) is 0 Å². The normalized spacial score (nSPS) is 20.5. The molecule has 0 atom stereocenters. The van der Waals surface area contributed by atoms with E-state index >= 15 is 0 Å². The van der Waals surface area contributed by atoms with E-state index in [2.05, 4.69) is 38.0 Å². The molecule has 5 nitrogen and oxygen atoms in total. The lowest BCUT2D eigenvalue weighted by atomic mass is 10.3. The van der Waals surface area contributed by atoms with Gasteiger partial charge in [-0.1, -0.05) is 6.92 Å². The van der Waals surface area contributed by atoms with Gasteiger partial charge < -0.3 is 10.2 Å². The van der Waals surface area contributed by atoms with Crippen molar-refractivity contribution in [2.75, 3.05) is 37.6 Å². The Bertz CT molecular complexity index is 607. The molecular weight excluding hydrogens is 282 g/mol. The number of hydrogen-bond acceptors (Lipinski definition) is 5. The zero-order chi connectivity index (χ0) is 14.2. The predicted molar refractivity (Wildman–Crippen MR) is 87.3 cm³/mol. The maximum atomic E-state index is 4.88. The van der Waals surface area contributed by atoms with Crippen LogP contribution in [0.25, 0.3) is 4.96 Å². The van der Waals surface area contributed by atoms with E-state index in [4.69, 9.17) is 4.98 Å². The molecule has 3 heterocycles. The fourth-order valence-electron chi connectivity index (χ4n) is 3.22. The largest absolute Gasteiger partial charge is 0.352 e. The summed E-state index contributed by atoms with van der Waals surface area (Å²) in [6.45, 7) is 8.65. The van der Waals surface area contributed by atoms with E-state index in [9.17, 15) is 0 Å². The molecule has 2 aliphatic rings. The quantitative estimate of drug-likeness (QED) is 0.913. The topological polar surface area (TPSA) is 35.8 Å². The fourth-order valence-corrected chi connectivity index (χ4v) is 3.95. The van der Waals surface area contributed by atoms with Crippen molar-refractivity contribution in [1.29, 1.82) is 0 Å². The molecule has 2 fully saturated rings. The Morgan fingerprint density at radius 2 is 2.10 bits per heavy atom. The summed E-state index contributed by atoms with van der Waals surface area (Å²) in [5.41, 5.74) is 1.31. The van der Waals surface area contributed by atoms with E-state index < -0.39 is 0 Å². The Balaban J connectivity index is 1.55. The minimum Gasteiger partial charge on any atom is -0.352 e. The Hall–Kier alpha value is -1.11. The highest BCUT2D eigenvalue weighted by molar-refractivity contribution is 7.15. The lowest BCUT2D eigenvalue weighted by Crippen LogP contribution is -2.47. The third-order valence-corrected chi connectivity index (χ3v) is 5.32. The maximum Gasteiger partial charge on any atom is 0.195 e. The van der Waals surface area contributed by atoms with Gasteiger partial charge in [-0.2, -0.15) is 0 Å². The first-order chi connectivity index (χ1) is 10.4. The van der Waals surface area contributed by atoms with Crippen molar-refractivity contribution < 1.29 is 0 Å². The SMILES string of the molecule is CCNCc1c(N2CCN(C3CC3)CC2)nc2sccn12. The van der Waals surface area contributed by atoms with E-state index in [0.29, 0.717) is 0 Å². The first kappa shape index (κ1) is 13.5. The smallest absolute Gasteiger partial charge is 0.195 e. The fraction of sp³-hybridized carbons (Fsp3) is 0.667. The molecule has 21 heavy (non-hydrogen) atoms. The van der Waals surface area contributed by atoms with E-state index in [1.165, 1.54) is 37.4 Å². The van der Waals surface area contributed by atoms with Crippen LogP contribution in [0.4, 0.5) is 5.82 Å². The van der Waals surface area contributed by atoms with Crippen LogP contribution >= 0.6 is 11.3 Å². The molecule has 1 N–H and O–H groups in total. The van der Waals surface area contributed by atoms with Crippen molar-refractivity contribution in [3.8, 4) is 0 Å². The van der Waals surface area contributed by atoms with Crippen LogP contribution < -0.4 is 10.2 Å². The molecule has 1 aliphatic heterocycles. The number of piperazine rings is 1.